The highest BCUT2D eigenvalue weighted by molar-refractivity contribution is 8.00. The summed E-state index contributed by atoms with van der Waals surface area (Å²) < 4.78 is 6.54. The van der Waals surface area contributed by atoms with Crippen LogP contribution in [0, 0.1) is 0 Å². The summed E-state index contributed by atoms with van der Waals surface area (Å²) in [5.74, 6) is -0.603. The third kappa shape index (κ3) is 5.62. The van der Waals surface area contributed by atoms with Crippen LogP contribution in [0.3, 0.4) is 0 Å². The van der Waals surface area contributed by atoms with Gasteiger partial charge < -0.3 is 4.74 Å². The normalized spacial score (nSPS) is 13.0. The van der Waals surface area contributed by atoms with Crippen LogP contribution in [0.15, 0.2) is 87.7 Å². The molecule has 3 aromatic carbocycles. The smallest absolute Gasteiger partial charge is 0.305 e. The molecule has 218 valence electrons. The largest absolute Gasteiger partial charge is 0.466 e. The first kappa shape index (κ1) is 28.9. The second kappa shape index (κ2) is 12.6. The van der Waals surface area contributed by atoms with E-state index < -0.39 is 5.25 Å². The molecule has 1 unspecified atom stereocenters. The summed E-state index contributed by atoms with van der Waals surface area (Å²) in [5.41, 5.74) is 3.25. The van der Waals surface area contributed by atoms with E-state index in [-0.39, 0.29) is 30.6 Å². The second-order valence-corrected chi connectivity index (χ2v) is 12.2. The Labute approximate surface area is 257 Å². The first-order valence-electron chi connectivity index (χ1n) is 14.2. The number of benzene rings is 3. The average Bonchev–Trinajstić information content (AvgIpc) is 3.36. The lowest BCUT2D eigenvalue weighted by Gasteiger charge is -2.33. The second-order valence-electron chi connectivity index (χ2n) is 9.90. The van der Waals surface area contributed by atoms with Gasteiger partial charge in [-0.2, -0.15) is 0 Å². The molecule has 9 nitrogen and oxygen atoms in total. The SMILES string of the molecule is CCOC(=O)CCCC(=O)n1c2ccccc2c2nnc(SC(CC)C(=O)N3c4ccccc4Sc4ccccc43)nc21. The monoisotopic (exact) mass is 611 g/mol. The van der Waals surface area contributed by atoms with Crippen LogP contribution in [0.1, 0.15) is 44.3 Å². The number of carbonyl (C=O) groups excluding carboxylic acids is 3. The number of aromatic nitrogens is 4. The topological polar surface area (TPSA) is 107 Å². The lowest BCUT2D eigenvalue weighted by Crippen LogP contribution is -2.35. The highest BCUT2D eigenvalue weighted by atomic mass is 32.2. The minimum atomic E-state index is -0.499. The quantitative estimate of drug-likeness (QED) is 0.128. The van der Waals surface area contributed by atoms with Crippen LogP contribution < -0.4 is 4.90 Å². The van der Waals surface area contributed by atoms with Gasteiger partial charge in [0.1, 0.15) is 5.52 Å². The number of thioether (sulfide) groups is 1. The Balaban J connectivity index is 1.32. The van der Waals surface area contributed by atoms with Gasteiger partial charge in [-0.3, -0.25) is 23.9 Å². The fourth-order valence-corrected chi connectivity index (χ4v) is 7.08. The van der Waals surface area contributed by atoms with E-state index in [4.69, 9.17) is 9.72 Å². The third-order valence-electron chi connectivity index (χ3n) is 7.13. The zero-order valence-corrected chi connectivity index (χ0v) is 25.4. The molecule has 1 aliphatic heterocycles. The van der Waals surface area contributed by atoms with Gasteiger partial charge in [0.15, 0.2) is 5.65 Å². The van der Waals surface area contributed by atoms with Crippen molar-refractivity contribution in [3.8, 4) is 0 Å². The van der Waals surface area contributed by atoms with Crippen LogP contribution in [-0.4, -0.2) is 49.4 Å². The Morgan fingerprint density at radius 3 is 2.26 bits per heavy atom. The summed E-state index contributed by atoms with van der Waals surface area (Å²) in [6, 6.07) is 23.2. The Kier molecular flexibility index (Phi) is 8.44. The van der Waals surface area contributed by atoms with Gasteiger partial charge in [-0.1, -0.05) is 72.9 Å². The Hall–Kier alpha value is -4.22. The van der Waals surface area contributed by atoms with E-state index in [1.54, 1.807) is 28.2 Å². The fourth-order valence-electron chi connectivity index (χ4n) is 5.17. The molecule has 0 fully saturated rings. The molecule has 0 saturated carbocycles. The number of hydrogen-bond donors (Lipinski definition) is 0. The number of ether oxygens (including phenoxy) is 1. The molecule has 0 aliphatic carbocycles. The first-order valence-corrected chi connectivity index (χ1v) is 15.9. The molecule has 2 aromatic heterocycles. The number of carbonyl (C=O) groups is 3. The maximum absolute atomic E-state index is 14.2. The van der Waals surface area contributed by atoms with Crippen molar-refractivity contribution < 1.29 is 19.1 Å². The standard InChI is InChI=1S/C32H29N5O4S2/c1-3-24(31(40)36-22-14-7-9-16-25(22)42-26-17-10-8-15-23(26)36)43-32-33-30-29(34-35-32)20-12-5-6-13-21(20)37(30)27(38)18-11-19-28(39)41-4-2/h5-10,12-17,24H,3-4,11,18-19H2,1-2H3. The molecule has 1 atom stereocenters. The highest BCUT2D eigenvalue weighted by Crippen LogP contribution is 2.48. The molecule has 43 heavy (non-hydrogen) atoms. The number of anilines is 2. The van der Waals surface area contributed by atoms with Crippen molar-refractivity contribution in [2.75, 3.05) is 11.5 Å². The zero-order valence-electron chi connectivity index (χ0n) is 23.7. The van der Waals surface area contributed by atoms with E-state index in [1.165, 1.54) is 11.8 Å². The highest BCUT2D eigenvalue weighted by Gasteiger charge is 2.33. The lowest BCUT2D eigenvalue weighted by molar-refractivity contribution is -0.143. The molecule has 0 bridgehead atoms. The minimum absolute atomic E-state index is 0.0769. The predicted octanol–water partition coefficient (Wildman–Crippen LogP) is 7.05. The van der Waals surface area contributed by atoms with Crippen molar-refractivity contribution in [2.45, 2.75) is 59.7 Å². The number of nitrogens with zero attached hydrogens (tertiary/aromatic N) is 5. The van der Waals surface area contributed by atoms with Crippen LogP contribution in [0.4, 0.5) is 11.4 Å². The van der Waals surface area contributed by atoms with Crippen molar-refractivity contribution in [1.29, 1.82) is 0 Å². The summed E-state index contributed by atoms with van der Waals surface area (Å²) >= 11 is 2.89. The molecule has 5 aromatic rings. The maximum atomic E-state index is 14.2. The fraction of sp³-hybridized carbons (Fsp3) is 0.250. The molecular formula is C32H29N5O4S2. The van der Waals surface area contributed by atoms with Crippen LogP contribution in [0.25, 0.3) is 22.1 Å². The van der Waals surface area contributed by atoms with Crippen molar-refractivity contribution in [2.24, 2.45) is 0 Å². The van der Waals surface area contributed by atoms with Gasteiger partial charge in [-0.15, -0.1) is 10.2 Å². The molecule has 0 N–H and O–H groups in total. The Morgan fingerprint density at radius 2 is 1.56 bits per heavy atom. The van der Waals surface area contributed by atoms with Crippen molar-refractivity contribution in [3.63, 3.8) is 0 Å². The predicted molar refractivity (Wildman–Crippen MR) is 168 cm³/mol. The minimum Gasteiger partial charge on any atom is -0.466 e. The van der Waals surface area contributed by atoms with Crippen LogP contribution in [0.5, 0.6) is 0 Å². The van der Waals surface area contributed by atoms with Crippen molar-refractivity contribution in [1.82, 2.24) is 19.7 Å². The summed E-state index contributed by atoms with van der Waals surface area (Å²) in [6.45, 7) is 4.02. The number of hydrogen-bond acceptors (Lipinski definition) is 9. The van der Waals surface area contributed by atoms with E-state index in [0.29, 0.717) is 41.3 Å². The molecule has 0 spiro atoms. The summed E-state index contributed by atoms with van der Waals surface area (Å²) in [5, 5.41) is 9.42. The Bertz CT molecular complexity index is 1810. The summed E-state index contributed by atoms with van der Waals surface area (Å²) in [6.07, 6.45) is 1.19. The molecule has 6 rings (SSSR count). The van der Waals surface area contributed by atoms with Crippen molar-refractivity contribution >= 4 is 74.7 Å². The summed E-state index contributed by atoms with van der Waals surface area (Å²) in [4.78, 5) is 48.0. The molecular weight excluding hydrogens is 583 g/mol. The van der Waals surface area contributed by atoms with Crippen LogP contribution in [-0.2, 0) is 14.3 Å². The zero-order chi connectivity index (χ0) is 29.9. The van der Waals surface area contributed by atoms with E-state index in [1.807, 2.05) is 79.7 Å². The van der Waals surface area contributed by atoms with Gasteiger partial charge in [-0.25, -0.2) is 4.98 Å². The van der Waals surface area contributed by atoms with Crippen LogP contribution in [0.2, 0.25) is 0 Å². The van der Waals surface area contributed by atoms with E-state index in [0.717, 1.165) is 26.6 Å². The van der Waals surface area contributed by atoms with Gasteiger partial charge >= 0.3 is 5.97 Å². The van der Waals surface area contributed by atoms with Gasteiger partial charge in [0.05, 0.1) is 28.7 Å². The van der Waals surface area contributed by atoms with Gasteiger partial charge in [0, 0.05) is 28.0 Å². The molecule has 1 amide bonds. The van der Waals surface area contributed by atoms with Gasteiger partial charge in [0.25, 0.3) is 0 Å². The van der Waals surface area contributed by atoms with Gasteiger partial charge in [0.2, 0.25) is 17.0 Å². The molecule has 1 aliphatic rings. The Morgan fingerprint density at radius 1 is 0.884 bits per heavy atom. The third-order valence-corrected chi connectivity index (χ3v) is 9.47. The van der Waals surface area contributed by atoms with Gasteiger partial charge in [-0.05, 0) is 50.1 Å². The number of esters is 1. The number of amides is 1. The number of rotatable bonds is 9. The molecule has 11 heteroatoms. The molecule has 0 radical (unpaired) electrons. The van der Waals surface area contributed by atoms with Crippen LogP contribution >= 0.6 is 23.5 Å². The van der Waals surface area contributed by atoms with Crippen molar-refractivity contribution in [3.05, 3.63) is 72.8 Å². The van der Waals surface area contributed by atoms with E-state index in [9.17, 15) is 14.4 Å². The maximum Gasteiger partial charge on any atom is 0.305 e. The number of fused-ring (bicyclic) bond motifs is 5. The average molecular weight is 612 g/mol. The lowest BCUT2D eigenvalue weighted by atomic mass is 10.2. The van der Waals surface area contributed by atoms with E-state index >= 15 is 0 Å². The first-order chi connectivity index (χ1) is 21.0. The molecule has 3 heterocycles. The molecule has 0 saturated heterocycles. The summed E-state index contributed by atoms with van der Waals surface area (Å²) in [7, 11) is 0. The van der Waals surface area contributed by atoms with E-state index in [2.05, 4.69) is 10.2 Å². The number of para-hydroxylation sites is 3.